The zero-order valence-corrected chi connectivity index (χ0v) is 11.9. The number of aryl methyl sites for hydroxylation is 1. The van der Waals surface area contributed by atoms with E-state index in [1.54, 1.807) is 11.3 Å². The molecule has 1 atom stereocenters. The fourth-order valence-corrected chi connectivity index (χ4v) is 2.50. The van der Waals surface area contributed by atoms with Crippen molar-refractivity contribution in [2.75, 3.05) is 0 Å². The minimum Gasteiger partial charge on any atom is -0.447 e. The lowest BCUT2D eigenvalue weighted by Crippen LogP contribution is -2.26. The highest BCUT2D eigenvalue weighted by molar-refractivity contribution is 7.07. The van der Waals surface area contributed by atoms with E-state index in [4.69, 9.17) is 10.5 Å². The molecule has 1 heterocycles. The molecule has 1 aromatic heterocycles. The van der Waals surface area contributed by atoms with Gasteiger partial charge in [0.25, 0.3) is 5.91 Å². The Bertz CT molecular complexity index is 610. The van der Waals surface area contributed by atoms with Gasteiger partial charge in [0, 0.05) is 12.0 Å². The molecular weight excluding hydrogens is 293 g/mol. The number of halogens is 1. The second kappa shape index (κ2) is 6.99. The Balaban J connectivity index is 1.97. The first kappa shape index (κ1) is 15.2. The first-order chi connectivity index (χ1) is 10.1. The molecule has 6 heteroatoms. The van der Waals surface area contributed by atoms with Gasteiger partial charge >= 0.3 is 5.97 Å². The van der Waals surface area contributed by atoms with Crippen molar-refractivity contribution in [2.24, 2.45) is 5.73 Å². The van der Waals surface area contributed by atoms with Crippen molar-refractivity contribution < 1.29 is 18.7 Å². The Kier molecular flexibility index (Phi) is 5.05. The third kappa shape index (κ3) is 4.39. The van der Waals surface area contributed by atoms with Crippen LogP contribution in [0.5, 0.6) is 0 Å². The van der Waals surface area contributed by atoms with Crippen LogP contribution in [-0.4, -0.2) is 11.9 Å². The fourth-order valence-electron chi connectivity index (χ4n) is 1.80. The van der Waals surface area contributed by atoms with Crippen LogP contribution >= 0.6 is 11.3 Å². The number of esters is 1. The molecule has 2 aromatic rings. The summed E-state index contributed by atoms with van der Waals surface area (Å²) in [6.07, 6.45) is -0.501. The molecule has 0 bridgehead atoms. The zero-order chi connectivity index (χ0) is 15.2. The lowest BCUT2D eigenvalue weighted by atomic mass is 10.1. The number of primary amides is 1. The molecule has 4 nitrogen and oxygen atoms in total. The Morgan fingerprint density at radius 2 is 1.95 bits per heavy atom. The molecule has 0 aliphatic carbocycles. The lowest BCUT2D eigenvalue weighted by molar-refractivity contribution is -0.155. The van der Waals surface area contributed by atoms with Crippen molar-refractivity contribution >= 4 is 23.2 Å². The lowest BCUT2D eigenvalue weighted by Gasteiger charge is -2.15. The minimum absolute atomic E-state index is 0.154. The van der Waals surface area contributed by atoms with E-state index in [2.05, 4.69) is 0 Å². The van der Waals surface area contributed by atoms with Crippen molar-refractivity contribution in [1.29, 1.82) is 0 Å². The summed E-state index contributed by atoms with van der Waals surface area (Å²) >= 11 is 1.55. The number of carbonyl (C=O) groups excluding carboxylic acids is 2. The third-order valence-electron chi connectivity index (χ3n) is 2.88. The average Bonchev–Trinajstić information content (AvgIpc) is 2.97. The van der Waals surface area contributed by atoms with E-state index in [1.807, 2.05) is 16.8 Å². The number of ether oxygens (including phenoxy) is 1. The maximum absolute atomic E-state index is 12.9. The Hall–Kier alpha value is -2.21. The van der Waals surface area contributed by atoms with E-state index in [0.717, 1.165) is 5.56 Å². The van der Waals surface area contributed by atoms with Crippen LogP contribution in [0.1, 0.15) is 23.7 Å². The van der Waals surface area contributed by atoms with E-state index in [1.165, 1.54) is 24.3 Å². The molecule has 0 unspecified atom stereocenters. The molecule has 0 aliphatic heterocycles. The van der Waals surface area contributed by atoms with E-state index >= 15 is 0 Å². The topological polar surface area (TPSA) is 69.4 Å². The van der Waals surface area contributed by atoms with Crippen LogP contribution in [0.2, 0.25) is 0 Å². The molecule has 2 N–H and O–H groups in total. The fraction of sp³-hybridized carbons (Fsp3) is 0.200. The first-order valence-electron chi connectivity index (χ1n) is 6.31. The average molecular weight is 307 g/mol. The van der Waals surface area contributed by atoms with Gasteiger partial charge in [-0.2, -0.15) is 11.3 Å². The molecule has 110 valence electrons. The number of benzene rings is 1. The Morgan fingerprint density at radius 3 is 2.52 bits per heavy atom. The molecule has 0 radical (unpaired) electrons. The molecule has 0 saturated heterocycles. The molecule has 0 saturated carbocycles. The molecular formula is C15H14FNO3S. The van der Waals surface area contributed by atoms with Crippen LogP contribution in [0.4, 0.5) is 4.39 Å². The smallest absolute Gasteiger partial charge is 0.307 e. The highest BCUT2D eigenvalue weighted by atomic mass is 32.1. The van der Waals surface area contributed by atoms with Crippen LogP contribution < -0.4 is 5.73 Å². The van der Waals surface area contributed by atoms with Gasteiger partial charge in [-0.25, -0.2) is 4.39 Å². The molecule has 1 amide bonds. The molecule has 21 heavy (non-hydrogen) atoms. The van der Waals surface area contributed by atoms with Crippen LogP contribution in [0.3, 0.4) is 0 Å². The predicted molar refractivity (Wildman–Crippen MR) is 77.1 cm³/mol. The van der Waals surface area contributed by atoms with E-state index < -0.39 is 23.8 Å². The van der Waals surface area contributed by atoms with Crippen LogP contribution in [0, 0.1) is 5.82 Å². The van der Waals surface area contributed by atoms with Gasteiger partial charge in [-0.1, -0.05) is 12.1 Å². The summed E-state index contributed by atoms with van der Waals surface area (Å²) in [4.78, 5) is 23.2. The Labute approximate surface area is 125 Å². The summed E-state index contributed by atoms with van der Waals surface area (Å²) in [5.74, 6) is -1.74. The number of hydrogen-bond donors (Lipinski definition) is 1. The SMILES string of the molecule is NC(=O)[C@@H](OC(=O)CCc1ccsc1)c1ccc(F)cc1. The van der Waals surface area contributed by atoms with Gasteiger partial charge in [0.05, 0.1) is 0 Å². The highest BCUT2D eigenvalue weighted by Crippen LogP contribution is 2.19. The molecule has 0 spiro atoms. The molecule has 2 rings (SSSR count). The number of amides is 1. The van der Waals surface area contributed by atoms with Crippen LogP contribution in [-0.2, 0) is 20.7 Å². The van der Waals surface area contributed by atoms with Crippen molar-refractivity contribution in [1.82, 2.24) is 0 Å². The summed E-state index contributed by atoms with van der Waals surface area (Å²) in [5.41, 5.74) is 6.63. The summed E-state index contributed by atoms with van der Waals surface area (Å²) in [7, 11) is 0. The van der Waals surface area contributed by atoms with Gasteiger partial charge in [-0.15, -0.1) is 0 Å². The third-order valence-corrected chi connectivity index (χ3v) is 3.61. The molecule has 0 fully saturated rings. The number of thiophene rings is 1. The molecule has 0 aliphatic rings. The number of rotatable bonds is 6. The summed E-state index contributed by atoms with van der Waals surface area (Å²) in [6.45, 7) is 0. The van der Waals surface area contributed by atoms with E-state index in [9.17, 15) is 14.0 Å². The van der Waals surface area contributed by atoms with E-state index in [-0.39, 0.29) is 6.42 Å². The van der Waals surface area contributed by atoms with Gasteiger partial charge in [-0.3, -0.25) is 9.59 Å². The summed E-state index contributed by atoms with van der Waals surface area (Å²) in [6, 6.07) is 7.03. The minimum atomic E-state index is -1.19. The van der Waals surface area contributed by atoms with Gasteiger partial charge in [-0.05, 0) is 40.9 Å². The quantitative estimate of drug-likeness (QED) is 0.834. The van der Waals surface area contributed by atoms with Gasteiger partial charge in [0.1, 0.15) is 5.82 Å². The second-order valence-corrected chi connectivity index (χ2v) is 5.24. The van der Waals surface area contributed by atoms with Crippen molar-refractivity contribution in [3.8, 4) is 0 Å². The van der Waals surface area contributed by atoms with Gasteiger partial charge in [0.15, 0.2) is 0 Å². The largest absolute Gasteiger partial charge is 0.447 e. The van der Waals surface area contributed by atoms with Crippen LogP contribution in [0.25, 0.3) is 0 Å². The van der Waals surface area contributed by atoms with E-state index in [0.29, 0.717) is 12.0 Å². The highest BCUT2D eigenvalue weighted by Gasteiger charge is 2.22. The van der Waals surface area contributed by atoms with Gasteiger partial charge < -0.3 is 10.5 Å². The van der Waals surface area contributed by atoms with Gasteiger partial charge in [0.2, 0.25) is 6.10 Å². The monoisotopic (exact) mass is 307 g/mol. The van der Waals surface area contributed by atoms with Crippen molar-refractivity contribution in [3.05, 3.63) is 58.0 Å². The summed E-state index contributed by atoms with van der Waals surface area (Å²) < 4.78 is 18.0. The van der Waals surface area contributed by atoms with Crippen LogP contribution in [0.15, 0.2) is 41.1 Å². The number of carbonyl (C=O) groups is 2. The first-order valence-corrected chi connectivity index (χ1v) is 7.26. The Morgan fingerprint density at radius 1 is 1.24 bits per heavy atom. The maximum atomic E-state index is 12.9. The molecule has 1 aromatic carbocycles. The van der Waals surface area contributed by atoms with Crippen molar-refractivity contribution in [3.63, 3.8) is 0 Å². The second-order valence-electron chi connectivity index (χ2n) is 4.46. The standard InChI is InChI=1S/C15H14FNO3S/c16-12-4-2-11(3-5-12)14(15(17)19)20-13(18)6-1-10-7-8-21-9-10/h2-5,7-9,14H,1,6H2,(H2,17,19)/t14-/m0/s1. The van der Waals surface area contributed by atoms with Crippen molar-refractivity contribution in [2.45, 2.75) is 18.9 Å². The number of hydrogen-bond acceptors (Lipinski definition) is 4. The normalized spacial score (nSPS) is 11.9. The zero-order valence-electron chi connectivity index (χ0n) is 11.1. The predicted octanol–water partition coefficient (Wildman–Crippen LogP) is 2.59. The number of nitrogens with two attached hydrogens (primary N) is 1. The maximum Gasteiger partial charge on any atom is 0.307 e. The summed E-state index contributed by atoms with van der Waals surface area (Å²) in [5, 5.41) is 3.87.